The molecule has 5 nitrogen and oxygen atoms in total. The average molecular weight is 235 g/mol. The Hall–Kier alpha value is -1.62. The van der Waals surface area contributed by atoms with Crippen LogP contribution in [0.5, 0.6) is 0 Å². The number of carbonyl (C=O) groups excluding carboxylic acids is 1. The minimum Gasteiger partial charge on any atom is -0.397 e. The molecule has 4 N–H and O–H groups in total. The molecule has 0 aliphatic heterocycles. The van der Waals surface area contributed by atoms with Crippen molar-refractivity contribution < 1.29 is 9.90 Å². The van der Waals surface area contributed by atoms with Crippen LogP contribution in [0.4, 0.5) is 5.69 Å². The minimum atomic E-state index is -0.202. The lowest BCUT2D eigenvalue weighted by molar-refractivity contribution is 0.0940. The molecular weight excluding hydrogens is 218 g/mol. The number of hydrogen-bond acceptors (Lipinski definition) is 4. The molecular formula is C12H17N3O2. The number of anilines is 1. The van der Waals surface area contributed by atoms with Crippen LogP contribution in [0.25, 0.3) is 0 Å². The standard InChI is InChI=1S/C12H17N3O2/c13-9-2-4-11(14-7-9)12(17)15-6-8-1-3-10(16)5-8/h2,4,7-8,10,16H,1,3,5-6,13H2,(H,15,17). The van der Waals surface area contributed by atoms with Crippen molar-refractivity contribution in [2.75, 3.05) is 12.3 Å². The van der Waals surface area contributed by atoms with Crippen molar-refractivity contribution in [2.24, 2.45) is 5.92 Å². The van der Waals surface area contributed by atoms with Gasteiger partial charge in [0.25, 0.3) is 5.91 Å². The normalized spacial score (nSPS) is 23.6. The Morgan fingerprint density at radius 2 is 2.35 bits per heavy atom. The summed E-state index contributed by atoms with van der Waals surface area (Å²) in [6.07, 6.45) is 3.84. The summed E-state index contributed by atoms with van der Waals surface area (Å²) in [6.45, 7) is 0.599. The van der Waals surface area contributed by atoms with Gasteiger partial charge in [0, 0.05) is 6.54 Å². The molecule has 1 aliphatic rings. The smallest absolute Gasteiger partial charge is 0.269 e. The molecule has 2 rings (SSSR count). The third-order valence-electron chi connectivity index (χ3n) is 3.08. The van der Waals surface area contributed by atoms with Crippen molar-refractivity contribution >= 4 is 11.6 Å². The van der Waals surface area contributed by atoms with E-state index < -0.39 is 0 Å². The van der Waals surface area contributed by atoms with Crippen molar-refractivity contribution in [3.8, 4) is 0 Å². The fourth-order valence-electron chi connectivity index (χ4n) is 2.10. The number of nitrogens with two attached hydrogens (primary N) is 1. The van der Waals surface area contributed by atoms with Crippen LogP contribution in [0.1, 0.15) is 29.8 Å². The molecule has 1 aliphatic carbocycles. The van der Waals surface area contributed by atoms with Crippen LogP contribution in [0.2, 0.25) is 0 Å². The molecule has 5 heteroatoms. The number of aliphatic hydroxyl groups excluding tert-OH is 1. The maximum Gasteiger partial charge on any atom is 0.269 e. The van der Waals surface area contributed by atoms with E-state index >= 15 is 0 Å². The van der Waals surface area contributed by atoms with Gasteiger partial charge in [-0.05, 0) is 37.3 Å². The van der Waals surface area contributed by atoms with E-state index in [9.17, 15) is 9.90 Å². The lowest BCUT2D eigenvalue weighted by Crippen LogP contribution is -2.29. The highest BCUT2D eigenvalue weighted by molar-refractivity contribution is 5.92. The topological polar surface area (TPSA) is 88.2 Å². The molecule has 1 saturated carbocycles. The van der Waals surface area contributed by atoms with Crippen LogP contribution in [-0.2, 0) is 0 Å². The number of pyridine rings is 1. The highest BCUT2D eigenvalue weighted by Crippen LogP contribution is 2.24. The van der Waals surface area contributed by atoms with Gasteiger partial charge in [-0.15, -0.1) is 0 Å². The number of nitrogens with one attached hydrogen (secondary N) is 1. The number of aromatic nitrogens is 1. The van der Waals surface area contributed by atoms with E-state index in [0.717, 1.165) is 19.3 Å². The first-order chi connectivity index (χ1) is 8.15. The van der Waals surface area contributed by atoms with Gasteiger partial charge in [0.05, 0.1) is 18.0 Å². The molecule has 2 atom stereocenters. The Labute approximate surface area is 100 Å². The first-order valence-corrected chi connectivity index (χ1v) is 5.83. The highest BCUT2D eigenvalue weighted by atomic mass is 16.3. The van der Waals surface area contributed by atoms with Crippen LogP contribution >= 0.6 is 0 Å². The van der Waals surface area contributed by atoms with E-state index in [4.69, 9.17) is 5.73 Å². The van der Waals surface area contributed by atoms with Crippen LogP contribution in [0.3, 0.4) is 0 Å². The summed E-state index contributed by atoms with van der Waals surface area (Å²) >= 11 is 0. The zero-order valence-corrected chi connectivity index (χ0v) is 9.60. The molecule has 1 aromatic rings. The summed E-state index contributed by atoms with van der Waals surface area (Å²) in [7, 11) is 0. The quantitative estimate of drug-likeness (QED) is 0.714. The Balaban J connectivity index is 1.83. The van der Waals surface area contributed by atoms with Gasteiger partial charge < -0.3 is 16.2 Å². The van der Waals surface area contributed by atoms with Crippen molar-refractivity contribution in [2.45, 2.75) is 25.4 Å². The number of aliphatic hydroxyl groups is 1. The van der Waals surface area contributed by atoms with Crippen LogP contribution in [-0.4, -0.2) is 28.6 Å². The van der Waals surface area contributed by atoms with Crippen LogP contribution in [0.15, 0.2) is 18.3 Å². The molecule has 1 amide bonds. The SMILES string of the molecule is Nc1ccc(C(=O)NCC2CCC(O)C2)nc1. The van der Waals surface area contributed by atoms with E-state index in [2.05, 4.69) is 10.3 Å². The molecule has 0 radical (unpaired) electrons. The third kappa shape index (κ3) is 3.17. The summed E-state index contributed by atoms with van der Waals surface area (Å²) in [6, 6.07) is 3.26. The Bertz CT molecular complexity index is 391. The van der Waals surface area contributed by atoms with Gasteiger partial charge in [0.15, 0.2) is 0 Å². The predicted molar refractivity (Wildman–Crippen MR) is 64.3 cm³/mol. The second-order valence-corrected chi connectivity index (χ2v) is 4.52. The monoisotopic (exact) mass is 235 g/mol. The molecule has 1 aromatic heterocycles. The maximum absolute atomic E-state index is 11.7. The summed E-state index contributed by atoms with van der Waals surface area (Å²) in [5.41, 5.74) is 6.41. The first kappa shape index (κ1) is 11.9. The minimum absolute atomic E-state index is 0.189. The van der Waals surface area contributed by atoms with E-state index in [1.165, 1.54) is 6.20 Å². The van der Waals surface area contributed by atoms with Crippen molar-refractivity contribution in [3.63, 3.8) is 0 Å². The Morgan fingerprint density at radius 3 is 2.94 bits per heavy atom. The van der Waals surface area contributed by atoms with Crippen molar-refractivity contribution in [1.82, 2.24) is 10.3 Å². The Morgan fingerprint density at radius 1 is 1.53 bits per heavy atom. The molecule has 0 spiro atoms. The van der Waals surface area contributed by atoms with Crippen LogP contribution < -0.4 is 11.1 Å². The number of nitrogens with zero attached hydrogens (tertiary/aromatic N) is 1. The summed E-state index contributed by atoms with van der Waals surface area (Å²) in [4.78, 5) is 15.7. The number of amides is 1. The van der Waals surface area contributed by atoms with E-state index in [1.807, 2.05) is 0 Å². The summed E-state index contributed by atoms with van der Waals surface area (Å²) < 4.78 is 0. The number of rotatable bonds is 3. The molecule has 17 heavy (non-hydrogen) atoms. The maximum atomic E-state index is 11.7. The number of carbonyl (C=O) groups is 1. The summed E-state index contributed by atoms with van der Waals surface area (Å²) in [5, 5.41) is 12.2. The van der Waals surface area contributed by atoms with Crippen molar-refractivity contribution in [3.05, 3.63) is 24.0 Å². The average Bonchev–Trinajstić information content (AvgIpc) is 2.73. The van der Waals surface area contributed by atoms with E-state index in [0.29, 0.717) is 23.8 Å². The van der Waals surface area contributed by atoms with Gasteiger partial charge >= 0.3 is 0 Å². The molecule has 1 heterocycles. The van der Waals surface area contributed by atoms with Gasteiger partial charge in [-0.3, -0.25) is 4.79 Å². The molecule has 92 valence electrons. The molecule has 0 bridgehead atoms. The van der Waals surface area contributed by atoms with Crippen LogP contribution in [0, 0.1) is 5.92 Å². The summed E-state index contributed by atoms with van der Waals surface area (Å²) in [5.74, 6) is 0.189. The van der Waals surface area contributed by atoms with Gasteiger partial charge in [0.2, 0.25) is 0 Å². The fourth-order valence-corrected chi connectivity index (χ4v) is 2.10. The highest BCUT2D eigenvalue weighted by Gasteiger charge is 2.23. The van der Waals surface area contributed by atoms with Gasteiger partial charge in [0.1, 0.15) is 5.69 Å². The molecule has 2 unspecified atom stereocenters. The predicted octanol–water partition coefficient (Wildman–Crippen LogP) is 0.555. The largest absolute Gasteiger partial charge is 0.397 e. The third-order valence-corrected chi connectivity index (χ3v) is 3.08. The second-order valence-electron chi connectivity index (χ2n) is 4.52. The molecule has 1 fully saturated rings. The Kier molecular flexibility index (Phi) is 3.58. The number of nitrogen functional groups attached to an aromatic ring is 1. The first-order valence-electron chi connectivity index (χ1n) is 5.83. The lowest BCUT2D eigenvalue weighted by Gasteiger charge is -2.10. The molecule has 0 saturated heterocycles. The molecule has 0 aromatic carbocycles. The second kappa shape index (κ2) is 5.14. The zero-order valence-electron chi connectivity index (χ0n) is 9.60. The van der Waals surface area contributed by atoms with E-state index in [-0.39, 0.29) is 12.0 Å². The number of hydrogen-bond donors (Lipinski definition) is 3. The van der Waals surface area contributed by atoms with Crippen molar-refractivity contribution in [1.29, 1.82) is 0 Å². The fraction of sp³-hybridized carbons (Fsp3) is 0.500. The van der Waals surface area contributed by atoms with Gasteiger partial charge in [-0.25, -0.2) is 4.98 Å². The zero-order chi connectivity index (χ0) is 12.3. The van der Waals surface area contributed by atoms with E-state index in [1.54, 1.807) is 12.1 Å². The lowest BCUT2D eigenvalue weighted by atomic mass is 10.1. The van der Waals surface area contributed by atoms with Gasteiger partial charge in [-0.1, -0.05) is 0 Å². The van der Waals surface area contributed by atoms with Gasteiger partial charge in [-0.2, -0.15) is 0 Å².